The number of hydrogen-bond donors (Lipinski definition) is 1. The first-order valence-corrected chi connectivity index (χ1v) is 19.7. The van der Waals surface area contributed by atoms with Gasteiger partial charge in [-0.3, -0.25) is 4.79 Å². The minimum atomic E-state index is 0. The molecule has 5 aromatic rings. The number of allylic oxidation sites excluding steroid dienone is 2. The predicted octanol–water partition coefficient (Wildman–Crippen LogP) is 13.1. The third kappa shape index (κ3) is 8.93. The van der Waals surface area contributed by atoms with Crippen molar-refractivity contribution in [3.05, 3.63) is 103 Å². The Hall–Kier alpha value is -3.11. The normalized spacial score (nSPS) is 12.2. The van der Waals surface area contributed by atoms with E-state index in [1.807, 2.05) is 39.0 Å². The zero-order valence-electron chi connectivity index (χ0n) is 32.5. The molecule has 2 heterocycles. The molecule has 0 saturated heterocycles. The summed E-state index contributed by atoms with van der Waals surface area (Å²) in [5, 5.41) is 15.0. The number of ketones is 1. The Bertz CT molecular complexity index is 1960. The number of aliphatic hydroxyl groups is 1. The maximum absolute atomic E-state index is 11.7. The zero-order valence-corrected chi connectivity index (χ0v) is 35.7. The van der Waals surface area contributed by atoms with Crippen molar-refractivity contribution in [3.63, 3.8) is 0 Å². The molecule has 5 rings (SSSR count). The molecule has 0 unspecified atom stereocenters. The average molecular weight is 883 g/mol. The van der Waals surface area contributed by atoms with Crippen molar-refractivity contribution in [2.45, 2.75) is 113 Å². The van der Waals surface area contributed by atoms with Crippen LogP contribution in [-0.2, 0) is 36.7 Å². The standard InChI is InChI=1S/C33H36NS.C13H24O2.Ir/c1-8-33(6,9-2)29-20-28(22(5)24-14-10-11-15-25(24)29)30-32-27(17-18-34(30)7)26-16-12-13-23(19-21(3)4)31(26)35-32;1-5-10(6-2)12(14)9-13(15)11(7-3)8-4;/h10-18,20-21H,5,7-9,19H2,1-4,6H3;9-11,14H,5-8H2,1-4H3;/q-1;;/b;12-9-;. The number of hydrogen-bond acceptors (Lipinski definition) is 3. The summed E-state index contributed by atoms with van der Waals surface area (Å²) in [5.74, 6) is 1.17. The minimum Gasteiger partial charge on any atom is -0.512 e. The Morgan fingerprint density at radius 2 is 1.41 bits per heavy atom. The SMILES string of the molecule is CCC(CC)C(=O)/C=C(\O)C(CC)CC.[CH2-]c1c(-c2c3sc4c(CC(C)C)cccc4c3cc[n+]2[CH2-])cc(C(C)(CC)CC)c2ccccc12.[Ir]. The van der Waals surface area contributed by atoms with Crippen molar-refractivity contribution in [2.75, 3.05) is 0 Å². The fraction of sp³-hybridized carbons (Fsp3) is 0.435. The van der Waals surface area contributed by atoms with Gasteiger partial charge in [0.1, 0.15) is 0 Å². The van der Waals surface area contributed by atoms with Gasteiger partial charge in [-0.05, 0) is 78.7 Å². The number of pyridine rings is 1. The predicted molar refractivity (Wildman–Crippen MR) is 218 cm³/mol. The molecule has 0 amide bonds. The van der Waals surface area contributed by atoms with Gasteiger partial charge in [-0.2, -0.15) is 12.5 Å². The molecule has 0 saturated carbocycles. The number of benzene rings is 3. The van der Waals surface area contributed by atoms with Gasteiger partial charge in [-0.15, -0.1) is 34.4 Å². The summed E-state index contributed by atoms with van der Waals surface area (Å²) in [5.41, 5.74) is 6.42. The number of fused-ring (bicyclic) bond motifs is 4. The van der Waals surface area contributed by atoms with Crippen molar-refractivity contribution in [1.29, 1.82) is 0 Å². The van der Waals surface area contributed by atoms with Crippen molar-refractivity contribution in [1.82, 2.24) is 0 Å². The summed E-state index contributed by atoms with van der Waals surface area (Å²) >= 11 is 1.92. The van der Waals surface area contributed by atoms with Gasteiger partial charge in [-0.25, -0.2) is 0 Å². The molecule has 1 radical (unpaired) electrons. The molecule has 0 bridgehead atoms. The second-order valence-electron chi connectivity index (χ2n) is 14.6. The molecule has 0 aliphatic rings. The monoisotopic (exact) mass is 883 g/mol. The van der Waals surface area contributed by atoms with Crippen LogP contribution in [0.5, 0.6) is 0 Å². The third-order valence-electron chi connectivity index (χ3n) is 11.1. The molecule has 2 aromatic heterocycles. The quantitative estimate of drug-likeness (QED) is 0.0554. The zero-order chi connectivity index (χ0) is 36.7. The summed E-state index contributed by atoms with van der Waals surface area (Å²) in [6.07, 6.45) is 10.3. The number of carbonyl (C=O) groups is 1. The van der Waals surface area contributed by atoms with Crippen LogP contribution in [0.1, 0.15) is 118 Å². The molecule has 51 heavy (non-hydrogen) atoms. The summed E-state index contributed by atoms with van der Waals surface area (Å²) in [6.45, 7) is 24.3. The van der Waals surface area contributed by atoms with E-state index in [0.29, 0.717) is 5.92 Å². The molecular weight excluding hydrogens is 823 g/mol. The van der Waals surface area contributed by atoms with Crippen LogP contribution >= 0.6 is 11.3 Å². The largest absolute Gasteiger partial charge is 0.512 e. The first kappa shape index (κ1) is 42.3. The van der Waals surface area contributed by atoms with Crippen LogP contribution in [0.3, 0.4) is 0 Å². The van der Waals surface area contributed by atoms with Gasteiger partial charge in [0, 0.05) is 54.5 Å². The Kier molecular flexibility index (Phi) is 15.4. The maximum atomic E-state index is 11.7. The molecule has 0 fully saturated rings. The molecule has 3 aromatic carbocycles. The van der Waals surface area contributed by atoms with Crippen molar-refractivity contribution in [3.8, 4) is 11.3 Å². The van der Waals surface area contributed by atoms with Crippen LogP contribution in [0.2, 0.25) is 0 Å². The Balaban J connectivity index is 0.000000374. The average Bonchev–Trinajstić information content (AvgIpc) is 3.49. The second kappa shape index (κ2) is 18.6. The van der Waals surface area contributed by atoms with Crippen molar-refractivity contribution >= 4 is 48.1 Å². The van der Waals surface area contributed by atoms with Gasteiger partial charge in [0.2, 0.25) is 0 Å². The van der Waals surface area contributed by atoms with E-state index in [1.165, 1.54) is 59.4 Å². The minimum absolute atomic E-state index is 0. The molecule has 5 heteroatoms. The summed E-state index contributed by atoms with van der Waals surface area (Å²) in [7, 11) is 4.44. The van der Waals surface area contributed by atoms with Gasteiger partial charge in [0.05, 0.1) is 17.6 Å². The van der Waals surface area contributed by atoms with Crippen LogP contribution in [0.15, 0.2) is 72.6 Å². The van der Waals surface area contributed by atoms with Crippen LogP contribution in [0, 0.1) is 31.7 Å². The molecule has 0 aliphatic heterocycles. The van der Waals surface area contributed by atoms with E-state index in [4.69, 9.17) is 0 Å². The van der Waals surface area contributed by atoms with Gasteiger partial charge in [-0.1, -0.05) is 110 Å². The van der Waals surface area contributed by atoms with Crippen molar-refractivity contribution < 1.29 is 34.6 Å². The van der Waals surface area contributed by atoms with E-state index >= 15 is 0 Å². The summed E-state index contributed by atoms with van der Waals surface area (Å²) < 4.78 is 4.76. The first-order valence-electron chi connectivity index (χ1n) is 18.9. The second-order valence-corrected chi connectivity index (χ2v) is 15.7. The molecule has 3 nitrogen and oxygen atoms in total. The fourth-order valence-corrected chi connectivity index (χ4v) is 8.73. The van der Waals surface area contributed by atoms with Gasteiger partial charge in [0.15, 0.2) is 5.78 Å². The van der Waals surface area contributed by atoms with Crippen LogP contribution in [0.4, 0.5) is 0 Å². The van der Waals surface area contributed by atoms with Crippen LogP contribution < -0.4 is 4.57 Å². The number of aromatic nitrogens is 1. The van der Waals surface area contributed by atoms with Gasteiger partial charge in [0.25, 0.3) is 0 Å². The molecular formula is C46H60IrNO2S-. The third-order valence-corrected chi connectivity index (χ3v) is 12.4. The fourth-order valence-electron chi connectivity index (χ4n) is 7.34. The van der Waals surface area contributed by atoms with E-state index in [9.17, 15) is 9.90 Å². The number of nitrogens with zero attached hydrogens (tertiary/aromatic N) is 1. The Labute approximate surface area is 325 Å². The molecule has 0 aliphatic carbocycles. The maximum Gasteiger partial charge on any atom is 0.162 e. The number of rotatable bonds is 13. The van der Waals surface area contributed by atoms with Crippen LogP contribution in [0.25, 0.3) is 42.2 Å². The number of carbonyl (C=O) groups excluding carboxylic acids is 1. The molecule has 0 atom stereocenters. The number of thiophene rings is 1. The Morgan fingerprint density at radius 3 is 1.98 bits per heavy atom. The van der Waals surface area contributed by atoms with E-state index in [-0.39, 0.29) is 48.9 Å². The van der Waals surface area contributed by atoms with E-state index in [1.54, 1.807) is 0 Å². The van der Waals surface area contributed by atoms with E-state index in [0.717, 1.165) is 50.5 Å². The van der Waals surface area contributed by atoms with E-state index in [2.05, 4.69) is 114 Å². The number of aliphatic hydroxyl groups excluding tert-OH is 1. The topological polar surface area (TPSA) is 41.2 Å². The van der Waals surface area contributed by atoms with Gasteiger partial charge < -0.3 is 9.67 Å². The molecule has 0 spiro atoms. The molecule has 1 N–H and O–H groups in total. The summed E-state index contributed by atoms with van der Waals surface area (Å²) in [4.78, 5) is 11.7. The van der Waals surface area contributed by atoms with Gasteiger partial charge >= 0.3 is 0 Å². The van der Waals surface area contributed by atoms with Crippen molar-refractivity contribution in [2.24, 2.45) is 17.8 Å². The molecule has 277 valence electrons. The smallest absolute Gasteiger partial charge is 0.162 e. The summed E-state index contributed by atoms with van der Waals surface area (Å²) in [6, 6.07) is 20.2. The van der Waals surface area contributed by atoms with Crippen LogP contribution in [-0.4, -0.2) is 10.9 Å². The Morgan fingerprint density at radius 1 is 0.843 bits per heavy atom. The van der Waals surface area contributed by atoms with E-state index < -0.39 is 0 Å². The first-order chi connectivity index (χ1) is 23.9.